The van der Waals surface area contributed by atoms with Gasteiger partial charge in [-0.25, -0.2) is 0 Å². The van der Waals surface area contributed by atoms with Crippen molar-refractivity contribution in [3.05, 3.63) is 0 Å². The first-order valence-electron chi connectivity index (χ1n) is 5.67. The number of rotatable bonds is 5. The lowest BCUT2D eigenvalue weighted by molar-refractivity contribution is 0.258. The van der Waals surface area contributed by atoms with Crippen molar-refractivity contribution in [2.75, 3.05) is 5.75 Å². The summed E-state index contributed by atoms with van der Waals surface area (Å²) in [5.41, 5.74) is 0. The number of nitriles is 1. The molecule has 1 fully saturated rings. The van der Waals surface area contributed by atoms with Gasteiger partial charge in [0.05, 0.1) is 6.07 Å². The van der Waals surface area contributed by atoms with Gasteiger partial charge in [0.1, 0.15) is 4.75 Å². The fourth-order valence-corrected chi connectivity index (χ4v) is 3.48. The van der Waals surface area contributed by atoms with Crippen molar-refractivity contribution in [3.8, 4) is 6.07 Å². The topological polar surface area (TPSA) is 23.8 Å². The monoisotopic (exact) mass is 211 g/mol. The molecule has 0 unspecified atom stereocenters. The van der Waals surface area contributed by atoms with Crippen molar-refractivity contribution in [1.82, 2.24) is 0 Å². The molecule has 0 spiro atoms. The number of thioether (sulfide) groups is 1. The molecule has 0 amide bonds. The van der Waals surface area contributed by atoms with Crippen molar-refractivity contribution in [2.45, 2.75) is 51.2 Å². The van der Waals surface area contributed by atoms with Crippen molar-refractivity contribution in [2.24, 2.45) is 11.8 Å². The van der Waals surface area contributed by atoms with Gasteiger partial charge >= 0.3 is 0 Å². The molecule has 1 rings (SSSR count). The highest BCUT2D eigenvalue weighted by Gasteiger charge is 2.44. The van der Waals surface area contributed by atoms with Crippen molar-refractivity contribution < 1.29 is 0 Å². The minimum absolute atomic E-state index is 0.00981. The van der Waals surface area contributed by atoms with Crippen LogP contribution in [0.5, 0.6) is 0 Å². The van der Waals surface area contributed by atoms with E-state index in [2.05, 4.69) is 26.8 Å². The lowest BCUT2D eigenvalue weighted by Crippen LogP contribution is -2.40. The molecule has 0 aromatic rings. The Balaban J connectivity index is 2.31. The predicted molar refractivity (Wildman–Crippen MR) is 63.3 cm³/mol. The minimum atomic E-state index is -0.00981. The van der Waals surface area contributed by atoms with Crippen LogP contribution in [-0.4, -0.2) is 10.5 Å². The first-order valence-corrected chi connectivity index (χ1v) is 6.65. The van der Waals surface area contributed by atoms with E-state index in [1.165, 1.54) is 12.8 Å². The molecule has 0 bridgehead atoms. The van der Waals surface area contributed by atoms with Crippen molar-refractivity contribution in [3.63, 3.8) is 0 Å². The molecule has 0 aromatic carbocycles. The molecule has 0 aliphatic heterocycles. The second kappa shape index (κ2) is 5.07. The molecule has 80 valence electrons. The fraction of sp³-hybridized carbons (Fsp3) is 0.917. The quantitative estimate of drug-likeness (QED) is 0.689. The van der Waals surface area contributed by atoms with Crippen LogP contribution in [0.4, 0.5) is 0 Å². The van der Waals surface area contributed by atoms with Crippen LogP contribution < -0.4 is 0 Å². The van der Waals surface area contributed by atoms with Crippen LogP contribution in [0.25, 0.3) is 0 Å². The molecule has 0 heterocycles. The Morgan fingerprint density at radius 1 is 1.50 bits per heavy atom. The molecule has 2 heteroatoms. The van der Waals surface area contributed by atoms with Crippen LogP contribution in [-0.2, 0) is 0 Å². The summed E-state index contributed by atoms with van der Waals surface area (Å²) in [5.74, 6) is 2.67. The standard InChI is InChI=1S/C12H21NS/c1-4-5-11-6-12(7-11,9-13)14-8-10(2)3/h10-11H,4-8H2,1-3H3. The third-order valence-electron chi connectivity index (χ3n) is 2.83. The molecule has 0 radical (unpaired) electrons. The van der Waals surface area contributed by atoms with Gasteiger partial charge < -0.3 is 0 Å². The van der Waals surface area contributed by atoms with Gasteiger partial charge in [-0.05, 0) is 30.4 Å². The van der Waals surface area contributed by atoms with E-state index in [1.807, 2.05) is 11.8 Å². The summed E-state index contributed by atoms with van der Waals surface area (Å²) < 4.78 is -0.00981. The zero-order valence-electron chi connectivity index (χ0n) is 9.55. The molecular formula is C12H21NS. The Labute approximate surface area is 92.3 Å². The van der Waals surface area contributed by atoms with Gasteiger partial charge in [0, 0.05) is 0 Å². The third-order valence-corrected chi connectivity index (χ3v) is 4.64. The number of hydrogen-bond acceptors (Lipinski definition) is 2. The first-order chi connectivity index (χ1) is 6.62. The Morgan fingerprint density at radius 2 is 2.14 bits per heavy atom. The van der Waals surface area contributed by atoms with Crippen molar-refractivity contribution in [1.29, 1.82) is 5.26 Å². The highest BCUT2D eigenvalue weighted by molar-refractivity contribution is 8.00. The molecular weight excluding hydrogens is 190 g/mol. The zero-order chi connectivity index (χ0) is 10.6. The summed E-state index contributed by atoms with van der Waals surface area (Å²) in [6.07, 6.45) is 4.84. The third kappa shape index (κ3) is 2.92. The molecule has 1 nitrogen and oxygen atoms in total. The molecule has 0 saturated heterocycles. The molecule has 14 heavy (non-hydrogen) atoms. The summed E-state index contributed by atoms with van der Waals surface area (Å²) in [4.78, 5) is 0. The first kappa shape index (κ1) is 11.9. The molecule has 1 aliphatic carbocycles. The van der Waals surface area contributed by atoms with Gasteiger partial charge in [0.15, 0.2) is 0 Å². The normalized spacial score (nSPS) is 31.2. The summed E-state index contributed by atoms with van der Waals surface area (Å²) >= 11 is 1.89. The predicted octanol–water partition coefficient (Wildman–Crippen LogP) is 3.85. The Hall–Kier alpha value is -0.160. The summed E-state index contributed by atoms with van der Waals surface area (Å²) in [6.45, 7) is 6.67. The Morgan fingerprint density at radius 3 is 2.57 bits per heavy atom. The van der Waals surface area contributed by atoms with E-state index in [1.54, 1.807) is 0 Å². The van der Waals surface area contributed by atoms with E-state index in [0.29, 0.717) is 5.92 Å². The van der Waals surface area contributed by atoms with E-state index >= 15 is 0 Å². The van der Waals surface area contributed by atoms with Gasteiger partial charge in [0.25, 0.3) is 0 Å². The van der Waals surface area contributed by atoms with Gasteiger partial charge in [-0.3, -0.25) is 0 Å². The van der Waals surface area contributed by atoms with Crippen LogP contribution in [0.15, 0.2) is 0 Å². The van der Waals surface area contributed by atoms with Crippen LogP contribution in [0.2, 0.25) is 0 Å². The minimum Gasteiger partial charge on any atom is -0.197 e. The van der Waals surface area contributed by atoms with E-state index in [9.17, 15) is 0 Å². The second-order valence-corrected chi connectivity index (χ2v) is 6.28. The van der Waals surface area contributed by atoms with Crippen LogP contribution in [0.3, 0.4) is 0 Å². The number of nitrogens with zero attached hydrogens (tertiary/aromatic N) is 1. The maximum atomic E-state index is 9.16. The van der Waals surface area contributed by atoms with E-state index in [-0.39, 0.29) is 4.75 Å². The van der Waals surface area contributed by atoms with Gasteiger partial charge in [0.2, 0.25) is 0 Å². The van der Waals surface area contributed by atoms with Crippen LogP contribution in [0.1, 0.15) is 46.5 Å². The molecule has 0 N–H and O–H groups in total. The molecule has 1 aliphatic rings. The highest BCUT2D eigenvalue weighted by Crippen LogP contribution is 2.49. The highest BCUT2D eigenvalue weighted by atomic mass is 32.2. The lowest BCUT2D eigenvalue weighted by atomic mass is 9.73. The van der Waals surface area contributed by atoms with Crippen molar-refractivity contribution >= 4 is 11.8 Å². The average molecular weight is 211 g/mol. The molecule has 1 saturated carbocycles. The zero-order valence-corrected chi connectivity index (χ0v) is 10.4. The lowest BCUT2D eigenvalue weighted by Gasteiger charge is -2.42. The SMILES string of the molecule is CCCC1CC(C#N)(SCC(C)C)C1. The molecule has 0 aromatic heterocycles. The fourth-order valence-electron chi connectivity index (χ4n) is 2.05. The largest absolute Gasteiger partial charge is 0.197 e. The van der Waals surface area contributed by atoms with Gasteiger partial charge in [-0.15, -0.1) is 11.8 Å². The number of hydrogen-bond donors (Lipinski definition) is 0. The van der Waals surface area contributed by atoms with E-state index in [4.69, 9.17) is 5.26 Å². The van der Waals surface area contributed by atoms with Gasteiger partial charge in [-0.1, -0.05) is 33.6 Å². The Kier molecular flexibility index (Phi) is 4.31. The average Bonchev–Trinajstić information content (AvgIpc) is 2.08. The summed E-state index contributed by atoms with van der Waals surface area (Å²) in [6, 6.07) is 2.52. The smallest absolute Gasteiger partial charge is 0.103 e. The van der Waals surface area contributed by atoms with E-state index in [0.717, 1.165) is 24.5 Å². The summed E-state index contributed by atoms with van der Waals surface area (Å²) in [5, 5.41) is 9.16. The molecule has 0 atom stereocenters. The van der Waals surface area contributed by atoms with Crippen LogP contribution in [0, 0.1) is 23.2 Å². The van der Waals surface area contributed by atoms with E-state index < -0.39 is 0 Å². The maximum absolute atomic E-state index is 9.16. The summed E-state index contributed by atoms with van der Waals surface area (Å²) in [7, 11) is 0. The second-order valence-electron chi connectivity index (χ2n) is 4.87. The Bertz CT molecular complexity index is 211. The van der Waals surface area contributed by atoms with Crippen LogP contribution >= 0.6 is 11.8 Å². The van der Waals surface area contributed by atoms with Gasteiger partial charge in [-0.2, -0.15) is 5.26 Å². The maximum Gasteiger partial charge on any atom is 0.103 e.